The van der Waals surface area contributed by atoms with Gasteiger partial charge in [0.05, 0.1) is 0 Å². The van der Waals surface area contributed by atoms with E-state index in [0.717, 1.165) is 39.1 Å². The van der Waals surface area contributed by atoms with E-state index >= 15 is 0 Å². The summed E-state index contributed by atoms with van der Waals surface area (Å²) < 4.78 is 16.4. The van der Waals surface area contributed by atoms with Crippen LogP contribution >= 0.6 is 12.4 Å². The molecule has 0 aromatic heterocycles. The predicted molar refractivity (Wildman–Crippen MR) is 61.7 cm³/mol. The summed E-state index contributed by atoms with van der Waals surface area (Å²) in [7, 11) is -1.43. The molecule has 0 aromatic carbocycles. The van der Waals surface area contributed by atoms with Crippen LogP contribution in [0.25, 0.3) is 0 Å². The molecule has 0 heterocycles. The molecule has 5 heteroatoms. The largest absolute Gasteiger partial charge is 0.577 e. The predicted octanol–water partition coefficient (Wildman–Crippen LogP) is 2.67. The molecule has 0 saturated heterocycles. The minimum absolute atomic E-state index is 0. The Bertz CT molecular complexity index is 87.0. The van der Waals surface area contributed by atoms with E-state index < -0.39 is 9.53 Å². The summed E-state index contributed by atoms with van der Waals surface area (Å²) in [6, 6.07) is 0. The van der Waals surface area contributed by atoms with Gasteiger partial charge in [-0.3, -0.25) is 0 Å². The molecule has 0 saturated carbocycles. The summed E-state index contributed by atoms with van der Waals surface area (Å²) >= 11 is 0. The van der Waals surface area contributed by atoms with Crippen LogP contribution in [0.4, 0.5) is 0 Å². The molecule has 14 heavy (non-hydrogen) atoms. The SMILES string of the molecule is CCCO[Si](OCCC)OCCC.Cl. The van der Waals surface area contributed by atoms with Gasteiger partial charge >= 0.3 is 9.53 Å². The first kappa shape index (κ1) is 16.8. The van der Waals surface area contributed by atoms with Gasteiger partial charge in [-0.2, -0.15) is 0 Å². The van der Waals surface area contributed by atoms with Gasteiger partial charge in [0.25, 0.3) is 0 Å². The summed E-state index contributed by atoms with van der Waals surface area (Å²) in [5, 5.41) is 0. The Hall–Kier alpha value is 0.387. The summed E-state index contributed by atoms with van der Waals surface area (Å²) in [5.74, 6) is 0. The number of hydrogen-bond donors (Lipinski definition) is 0. The lowest BCUT2D eigenvalue weighted by atomic mass is 10.5. The van der Waals surface area contributed by atoms with Crippen molar-refractivity contribution in [3.63, 3.8) is 0 Å². The number of hydrogen-bond acceptors (Lipinski definition) is 3. The Morgan fingerprint density at radius 3 is 1.21 bits per heavy atom. The molecule has 87 valence electrons. The first-order valence-electron chi connectivity index (χ1n) is 5.10. The number of halogens is 1. The summed E-state index contributed by atoms with van der Waals surface area (Å²) in [6.07, 6.45) is 3.04. The molecular formula is C9H22ClO3Si. The molecule has 0 N–H and O–H groups in total. The van der Waals surface area contributed by atoms with E-state index in [-0.39, 0.29) is 12.4 Å². The smallest absolute Gasteiger partial charge is 0.371 e. The van der Waals surface area contributed by atoms with Crippen molar-refractivity contribution in [1.82, 2.24) is 0 Å². The molecular weight excluding hydrogens is 220 g/mol. The van der Waals surface area contributed by atoms with Crippen LogP contribution in [0, 0.1) is 0 Å². The highest BCUT2D eigenvalue weighted by molar-refractivity contribution is 6.36. The van der Waals surface area contributed by atoms with Crippen LogP contribution in [0.2, 0.25) is 0 Å². The van der Waals surface area contributed by atoms with E-state index in [1.165, 1.54) is 0 Å². The van der Waals surface area contributed by atoms with Crippen LogP contribution < -0.4 is 0 Å². The molecule has 0 fully saturated rings. The van der Waals surface area contributed by atoms with Crippen LogP contribution in [-0.4, -0.2) is 29.3 Å². The van der Waals surface area contributed by atoms with Gasteiger partial charge in [0, 0.05) is 19.8 Å². The average molecular weight is 242 g/mol. The van der Waals surface area contributed by atoms with Gasteiger partial charge in [0.15, 0.2) is 0 Å². The Balaban J connectivity index is 0. The molecule has 0 atom stereocenters. The lowest BCUT2D eigenvalue weighted by Gasteiger charge is -2.13. The van der Waals surface area contributed by atoms with Crippen molar-refractivity contribution < 1.29 is 13.3 Å². The maximum Gasteiger partial charge on any atom is 0.577 e. The van der Waals surface area contributed by atoms with E-state index in [4.69, 9.17) is 13.3 Å². The second-order valence-corrected chi connectivity index (χ2v) is 4.16. The van der Waals surface area contributed by atoms with Crippen molar-refractivity contribution in [2.24, 2.45) is 0 Å². The quantitative estimate of drug-likeness (QED) is 0.581. The van der Waals surface area contributed by atoms with Crippen LogP contribution in [0.3, 0.4) is 0 Å². The minimum Gasteiger partial charge on any atom is -0.371 e. The highest BCUT2D eigenvalue weighted by Crippen LogP contribution is 1.96. The van der Waals surface area contributed by atoms with E-state index in [1.807, 2.05) is 0 Å². The highest BCUT2D eigenvalue weighted by atomic mass is 35.5. The van der Waals surface area contributed by atoms with Crippen molar-refractivity contribution in [3.05, 3.63) is 0 Å². The Kier molecular flexibility index (Phi) is 16.1. The zero-order valence-corrected chi connectivity index (χ0v) is 11.2. The second-order valence-electron chi connectivity index (χ2n) is 2.80. The molecule has 0 aliphatic heterocycles. The lowest BCUT2D eigenvalue weighted by Crippen LogP contribution is -2.28. The first-order valence-corrected chi connectivity index (χ1v) is 6.32. The van der Waals surface area contributed by atoms with E-state index in [9.17, 15) is 0 Å². The second kappa shape index (κ2) is 13.4. The Morgan fingerprint density at radius 2 is 1.00 bits per heavy atom. The van der Waals surface area contributed by atoms with Gasteiger partial charge in [0.1, 0.15) is 0 Å². The fourth-order valence-electron chi connectivity index (χ4n) is 0.681. The summed E-state index contributed by atoms with van der Waals surface area (Å²) in [5.41, 5.74) is 0. The standard InChI is InChI=1S/C9H21O3Si.ClH/c1-4-7-10-13(11-8-5-2)12-9-6-3;/h4-9H2,1-3H3;1H. The van der Waals surface area contributed by atoms with E-state index in [2.05, 4.69) is 20.8 Å². The number of rotatable bonds is 9. The Labute approximate surface area is 95.5 Å². The highest BCUT2D eigenvalue weighted by Gasteiger charge is 2.17. The Morgan fingerprint density at radius 1 is 0.714 bits per heavy atom. The molecule has 1 radical (unpaired) electrons. The topological polar surface area (TPSA) is 27.7 Å². The maximum atomic E-state index is 5.45. The van der Waals surface area contributed by atoms with Gasteiger partial charge in [-0.25, -0.2) is 0 Å². The van der Waals surface area contributed by atoms with Gasteiger partial charge in [0.2, 0.25) is 0 Å². The third kappa shape index (κ3) is 10.5. The molecule has 0 spiro atoms. The van der Waals surface area contributed by atoms with Gasteiger partial charge in [-0.15, -0.1) is 12.4 Å². The zero-order chi connectivity index (χ0) is 9.94. The van der Waals surface area contributed by atoms with Crippen LogP contribution in [-0.2, 0) is 13.3 Å². The molecule has 0 aliphatic carbocycles. The molecule has 3 nitrogen and oxygen atoms in total. The van der Waals surface area contributed by atoms with Gasteiger partial charge < -0.3 is 13.3 Å². The third-order valence-corrected chi connectivity index (χ3v) is 2.59. The van der Waals surface area contributed by atoms with Crippen LogP contribution in [0.1, 0.15) is 40.0 Å². The van der Waals surface area contributed by atoms with Crippen molar-refractivity contribution in [3.8, 4) is 0 Å². The molecule has 0 unspecified atom stereocenters. The maximum absolute atomic E-state index is 5.45. The zero-order valence-electron chi connectivity index (χ0n) is 9.38. The van der Waals surface area contributed by atoms with Crippen LogP contribution in [0.15, 0.2) is 0 Å². The molecule has 0 rings (SSSR count). The molecule has 0 amide bonds. The summed E-state index contributed by atoms with van der Waals surface area (Å²) in [4.78, 5) is 0. The monoisotopic (exact) mass is 241 g/mol. The fourth-order valence-corrected chi connectivity index (χ4v) is 2.04. The lowest BCUT2D eigenvalue weighted by molar-refractivity contribution is 0.0933. The van der Waals surface area contributed by atoms with Crippen molar-refractivity contribution in [2.45, 2.75) is 40.0 Å². The van der Waals surface area contributed by atoms with Crippen molar-refractivity contribution in [2.75, 3.05) is 19.8 Å². The molecule has 0 aliphatic rings. The molecule has 0 bridgehead atoms. The van der Waals surface area contributed by atoms with E-state index in [0.29, 0.717) is 0 Å². The third-order valence-electron chi connectivity index (χ3n) is 1.27. The van der Waals surface area contributed by atoms with Crippen LogP contribution in [0.5, 0.6) is 0 Å². The van der Waals surface area contributed by atoms with Gasteiger partial charge in [-0.1, -0.05) is 20.8 Å². The van der Waals surface area contributed by atoms with Crippen molar-refractivity contribution >= 4 is 21.9 Å². The van der Waals surface area contributed by atoms with Crippen molar-refractivity contribution in [1.29, 1.82) is 0 Å². The van der Waals surface area contributed by atoms with Gasteiger partial charge in [-0.05, 0) is 19.3 Å². The first-order chi connectivity index (χ1) is 6.35. The summed E-state index contributed by atoms with van der Waals surface area (Å²) in [6.45, 7) is 8.46. The van der Waals surface area contributed by atoms with E-state index in [1.54, 1.807) is 0 Å². The fraction of sp³-hybridized carbons (Fsp3) is 1.00. The average Bonchev–Trinajstić information content (AvgIpc) is 2.17. The normalized spacial score (nSPS) is 10.3. The molecule has 0 aromatic rings. The minimum atomic E-state index is -1.43.